The molecule has 0 saturated carbocycles. The summed E-state index contributed by atoms with van der Waals surface area (Å²) in [4.78, 5) is 0.00616. The number of sulfonamides is 1. The van der Waals surface area contributed by atoms with E-state index in [4.69, 9.17) is 24.7 Å². The van der Waals surface area contributed by atoms with E-state index in [1.807, 2.05) is 0 Å². The van der Waals surface area contributed by atoms with Gasteiger partial charge in [-0.2, -0.15) is 0 Å². The number of hydrogen-bond acceptors (Lipinski definition) is 8. The van der Waals surface area contributed by atoms with Crippen LogP contribution in [0, 0.1) is 0 Å². The fraction of sp³-hybridized carbons (Fsp3) is 0.167. The summed E-state index contributed by atoms with van der Waals surface area (Å²) in [5, 5.41) is 10.3. The molecule has 0 amide bonds. The van der Waals surface area contributed by atoms with Crippen LogP contribution in [0.3, 0.4) is 0 Å². The molecule has 0 radical (unpaired) electrons. The van der Waals surface area contributed by atoms with E-state index < -0.39 is 10.0 Å². The van der Waals surface area contributed by atoms with Gasteiger partial charge in [-0.05, 0) is 54.1 Å². The highest BCUT2D eigenvalue weighted by Crippen LogP contribution is 2.41. The van der Waals surface area contributed by atoms with Gasteiger partial charge >= 0.3 is 0 Å². The summed E-state index contributed by atoms with van der Waals surface area (Å²) in [7, 11) is 1.87. The minimum absolute atomic E-state index is 0.00616. The molecule has 0 aliphatic carbocycles. The lowest BCUT2D eigenvalue weighted by atomic mass is 10.1. The maximum absolute atomic E-state index is 13.0. The van der Waals surface area contributed by atoms with Gasteiger partial charge in [-0.3, -0.25) is 4.72 Å². The number of nitrogens with two attached hydrogens (primary N) is 1. The van der Waals surface area contributed by atoms with Gasteiger partial charge in [-0.15, -0.1) is 0 Å². The number of nitrogen functional groups attached to an aromatic ring is 1. The third-order valence-electron chi connectivity index (χ3n) is 4.94. The van der Waals surface area contributed by atoms with Crippen molar-refractivity contribution in [1.82, 2.24) is 0 Å². The monoisotopic (exact) mass is 486 g/mol. The quantitative estimate of drug-likeness (QED) is 0.306. The Hall–Kier alpha value is -4.05. The molecule has 10 heteroatoms. The van der Waals surface area contributed by atoms with Crippen molar-refractivity contribution in [3.8, 4) is 28.7 Å². The second-order valence-corrected chi connectivity index (χ2v) is 8.73. The molecule has 0 aliphatic rings. The van der Waals surface area contributed by atoms with Crippen molar-refractivity contribution in [2.45, 2.75) is 4.90 Å². The van der Waals surface area contributed by atoms with Crippen LogP contribution in [0.1, 0.15) is 11.1 Å². The first-order chi connectivity index (χ1) is 16.2. The number of methoxy groups -OCH3 is 4. The first kappa shape index (κ1) is 24.6. The maximum atomic E-state index is 13.0. The second kappa shape index (κ2) is 10.3. The molecule has 9 nitrogen and oxygen atoms in total. The van der Waals surface area contributed by atoms with Crippen LogP contribution >= 0.6 is 0 Å². The first-order valence-electron chi connectivity index (χ1n) is 10.0. The third kappa shape index (κ3) is 5.12. The zero-order valence-corrected chi connectivity index (χ0v) is 20.0. The number of ether oxygens (including phenoxy) is 4. The van der Waals surface area contributed by atoms with Crippen LogP contribution in [0.25, 0.3) is 12.2 Å². The van der Waals surface area contributed by atoms with Crippen molar-refractivity contribution in [2.24, 2.45) is 0 Å². The molecule has 0 heterocycles. The van der Waals surface area contributed by atoms with E-state index in [0.29, 0.717) is 34.1 Å². The molecule has 0 aliphatic heterocycles. The summed E-state index contributed by atoms with van der Waals surface area (Å²) in [6, 6.07) is 12.2. The Balaban J connectivity index is 2.07. The van der Waals surface area contributed by atoms with Crippen molar-refractivity contribution in [3.05, 3.63) is 59.7 Å². The Labute approximate surface area is 198 Å². The van der Waals surface area contributed by atoms with Gasteiger partial charge < -0.3 is 29.8 Å². The van der Waals surface area contributed by atoms with Crippen LogP contribution in [-0.2, 0) is 10.0 Å². The Morgan fingerprint density at radius 1 is 0.824 bits per heavy atom. The Morgan fingerprint density at radius 3 is 1.94 bits per heavy atom. The Kier molecular flexibility index (Phi) is 7.42. The molecule has 3 aromatic rings. The fourth-order valence-corrected chi connectivity index (χ4v) is 4.35. The largest absolute Gasteiger partial charge is 0.504 e. The van der Waals surface area contributed by atoms with Crippen LogP contribution in [0.2, 0.25) is 0 Å². The Bertz CT molecular complexity index is 1280. The summed E-state index contributed by atoms with van der Waals surface area (Å²) in [5.41, 5.74) is 7.32. The lowest BCUT2D eigenvalue weighted by molar-refractivity contribution is 0.324. The van der Waals surface area contributed by atoms with E-state index in [-0.39, 0.29) is 22.1 Å². The number of benzene rings is 3. The van der Waals surface area contributed by atoms with Crippen molar-refractivity contribution in [2.75, 3.05) is 38.9 Å². The highest BCUT2D eigenvalue weighted by molar-refractivity contribution is 7.92. The number of hydrogen-bond donors (Lipinski definition) is 3. The lowest BCUT2D eigenvalue weighted by Crippen LogP contribution is -2.14. The van der Waals surface area contributed by atoms with Crippen molar-refractivity contribution < 1.29 is 32.5 Å². The molecule has 4 N–H and O–H groups in total. The summed E-state index contributed by atoms with van der Waals surface area (Å²) >= 11 is 0. The minimum Gasteiger partial charge on any atom is -0.504 e. The van der Waals surface area contributed by atoms with Crippen molar-refractivity contribution in [1.29, 1.82) is 0 Å². The van der Waals surface area contributed by atoms with Crippen LogP contribution in [0.5, 0.6) is 28.7 Å². The number of rotatable bonds is 9. The number of nitrogens with one attached hydrogen (secondary N) is 1. The number of phenolic OH excluding ortho intramolecular Hbond substituents is 1. The molecule has 0 spiro atoms. The predicted octanol–water partition coefficient (Wildman–Crippen LogP) is 3.98. The van der Waals surface area contributed by atoms with Gasteiger partial charge in [-0.25, -0.2) is 8.42 Å². The van der Waals surface area contributed by atoms with E-state index in [9.17, 15) is 13.5 Å². The van der Waals surface area contributed by atoms with E-state index in [1.165, 1.54) is 58.8 Å². The van der Waals surface area contributed by atoms with Crippen LogP contribution in [0.15, 0.2) is 53.4 Å². The van der Waals surface area contributed by atoms with Gasteiger partial charge in [-0.1, -0.05) is 12.2 Å². The topological polar surface area (TPSA) is 129 Å². The van der Waals surface area contributed by atoms with Gasteiger partial charge in [0.15, 0.2) is 23.0 Å². The lowest BCUT2D eigenvalue weighted by Gasteiger charge is -2.16. The van der Waals surface area contributed by atoms with Crippen LogP contribution in [-0.4, -0.2) is 42.0 Å². The predicted molar refractivity (Wildman–Crippen MR) is 131 cm³/mol. The average molecular weight is 487 g/mol. The number of aromatic hydroxyl groups is 1. The highest BCUT2D eigenvalue weighted by atomic mass is 32.2. The normalized spacial score (nSPS) is 11.3. The highest BCUT2D eigenvalue weighted by Gasteiger charge is 2.21. The van der Waals surface area contributed by atoms with E-state index in [0.717, 1.165) is 0 Å². The van der Waals surface area contributed by atoms with Gasteiger partial charge in [0.2, 0.25) is 5.75 Å². The SMILES string of the molecule is COc1cc(/C=C\c2ccc(O)c(OC)c2NS(=O)(=O)c2ccc(N)cc2)cc(OC)c1OC. The zero-order valence-electron chi connectivity index (χ0n) is 19.2. The summed E-state index contributed by atoms with van der Waals surface area (Å²) < 4.78 is 49.9. The molecule has 0 fully saturated rings. The van der Waals surface area contributed by atoms with E-state index in [1.54, 1.807) is 30.4 Å². The summed E-state index contributed by atoms with van der Waals surface area (Å²) in [5.74, 6) is 1.14. The Morgan fingerprint density at radius 2 is 1.41 bits per heavy atom. The van der Waals surface area contributed by atoms with Crippen LogP contribution < -0.4 is 29.4 Å². The van der Waals surface area contributed by atoms with Crippen LogP contribution in [0.4, 0.5) is 11.4 Å². The van der Waals surface area contributed by atoms with E-state index >= 15 is 0 Å². The summed E-state index contributed by atoms with van der Waals surface area (Å²) in [6.07, 6.45) is 3.40. The minimum atomic E-state index is -4.00. The standard InChI is InChI=1S/C24H26N2O7S/c1-30-20-13-15(14-21(31-2)24(20)33-4)5-6-16-7-12-19(27)23(32-3)22(16)26-34(28,29)18-10-8-17(25)9-11-18/h5-14,26-27H,25H2,1-4H3/b6-5-. The molecule has 0 aromatic heterocycles. The fourth-order valence-electron chi connectivity index (χ4n) is 3.26. The molecule has 180 valence electrons. The molecule has 3 rings (SSSR count). The average Bonchev–Trinajstić information content (AvgIpc) is 2.83. The first-order valence-corrected chi connectivity index (χ1v) is 11.5. The molecule has 0 saturated heterocycles. The smallest absolute Gasteiger partial charge is 0.262 e. The molecule has 3 aromatic carbocycles. The molecule has 0 unspecified atom stereocenters. The van der Waals surface area contributed by atoms with Gasteiger partial charge in [0.25, 0.3) is 10.0 Å². The molecule has 34 heavy (non-hydrogen) atoms. The van der Waals surface area contributed by atoms with Crippen molar-refractivity contribution >= 4 is 33.6 Å². The summed E-state index contributed by atoms with van der Waals surface area (Å²) in [6.45, 7) is 0. The van der Waals surface area contributed by atoms with Gasteiger partial charge in [0.1, 0.15) is 5.69 Å². The zero-order chi connectivity index (χ0) is 24.9. The molecular weight excluding hydrogens is 460 g/mol. The molecule has 0 atom stereocenters. The molecular formula is C24H26N2O7S. The molecule has 0 bridgehead atoms. The van der Waals surface area contributed by atoms with Gasteiger partial charge in [0.05, 0.1) is 33.3 Å². The number of phenols is 1. The third-order valence-corrected chi connectivity index (χ3v) is 6.31. The van der Waals surface area contributed by atoms with Gasteiger partial charge in [0, 0.05) is 11.3 Å². The van der Waals surface area contributed by atoms with E-state index in [2.05, 4.69) is 4.72 Å². The van der Waals surface area contributed by atoms with Crippen molar-refractivity contribution in [3.63, 3.8) is 0 Å². The second-order valence-electron chi connectivity index (χ2n) is 7.05. The maximum Gasteiger partial charge on any atom is 0.262 e. The number of anilines is 2.